The normalized spacial score (nSPS) is 18.2. The van der Waals surface area contributed by atoms with Gasteiger partial charge >= 0.3 is 0 Å². The molecule has 3 heterocycles. The average molecular weight is 460 g/mol. The molecule has 2 atom stereocenters. The Bertz CT molecular complexity index is 1170. The van der Waals surface area contributed by atoms with Crippen molar-refractivity contribution in [2.45, 2.75) is 39.3 Å². The fourth-order valence-corrected chi connectivity index (χ4v) is 4.13. The molecule has 7 nitrogen and oxygen atoms in total. The summed E-state index contributed by atoms with van der Waals surface area (Å²) in [5, 5.41) is 3.90. The van der Waals surface area contributed by atoms with Crippen LogP contribution in [0.2, 0.25) is 0 Å². The molecule has 0 amide bonds. The monoisotopic (exact) mass is 459 g/mol. The number of aryl methyl sites for hydroxylation is 1. The Labute approximate surface area is 190 Å². The molecule has 0 spiro atoms. The van der Waals surface area contributed by atoms with Crippen LogP contribution >= 0.6 is 0 Å². The van der Waals surface area contributed by atoms with Gasteiger partial charge < -0.3 is 20.9 Å². The zero-order valence-corrected chi connectivity index (χ0v) is 19.1. The maximum atomic E-state index is 14.8. The molecule has 1 aromatic carbocycles. The summed E-state index contributed by atoms with van der Waals surface area (Å²) >= 11 is 0. The fraction of sp³-hybridized carbons (Fsp3) is 0.435. The molecule has 33 heavy (non-hydrogen) atoms. The third-order valence-corrected chi connectivity index (χ3v) is 6.17. The summed E-state index contributed by atoms with van der Waals surface area (Å²) in [6, 6.07) is 3.98. The van der Waals surface area contributed by atoms with Crippen LogP contribution in [0.1, 0.15) is 43.3 Å². The number of likely N-dealkylation sites (N-methyl/N-ethyl adjacent to an activating group) is 1. The smallest absolute Gasteiger partial charge is 0.266 e. The number of nitrogen functional groups attached to an aromatic ring is 1. The van der Waals surface area contributed by atoms with Gasteiger partial charge in [-0.05, 0) is 46.0 Å². The molecule has 176 valence electrons. The van der Waals surface area contributed by atoms with E-state index in [-0.39, 0.29) is 11.3 Å². The van der Waals surface area contributed by atoms with E-state index in [1.54, 1.807) is 20.0 Å². The lowest BCUT2D eigenvalue weighted by molar-refractivity contribution is 0.146. The van der Waals surface area contributed by atoms with Gasteiger partial charge in [0.2, 0.25) is 0 Å². The van der Waals surface area contributed by atoms with Gasteiger partial charge in [-0.1, -0.05) is 0 Å². The minimum absolute atomic E-state index is 0.0527. The summed E-state index contributed by atoms with van der Waals surface area (Å²) in [4.78, 5) is 18.1. The van der Waals surface area contributed by atoms with Crippen LogP contribution in [0.15, 0.2) is 24.4 Å². The van der Waals surface area contributed by atoms with E-state index in [9.17, 15) is 13.2 Å². The zero-order chi connectivity index (χ0) is 23.9. The highest BCUT2D eigenvalue weighted by Gasteiger charge is 2.24. The van der Waals surface area contributed by atoms with Crippen molar-refractivity contribution >= 4 is 28.2 Å². The van der Waals surface area contributed by atoms with Crippen molar-refractivity contribution in [3.05, 3.63) is 47.2 Å². The highest BCUT2D eigenvalue weighted by molar-refractivity contribution is 5.90. The van der Waals surface area contributed by atoms with Crippen LogP contribution in [-0.4, -0.2) is 52.6 Å². The first kappa shape index (κ1) is 23.0. The second-order valence-corrected chi connectivity index (χ2v) is 8.63. The lowest BCUT2D eigenvalue weighted by Gasteiger charge is -2.38. The maximum absolute atomic E-state index is 14.8. The van der Waals surface area contributed by atoms with Crippen molar-refractivity contribution in [2.75, 3.05) is 42.6 Å². The number of pyridine rings is 1. The third-order valence-electron chi connectivity index (χ3n) is 6.17. The molecule has 4 rings (SSSR count). The molecule has 1 fully saturated rings. The van der Waals surface area contributed by atoms with E-state index in [4.69, 9.17) is 5.73 Å². The molecule has 10 heteroatoms. The largest absolute Gasteiger partial charge is 0.399 e. The Hall–Kier alpha value is -3.14. The number of nitrogens with two attached hydrogens (primary N) is 1. The van der Waals surface area contributed by atoms with Crippen molar-refractivity contribution in [3.8, 4) is 0 Å². The molecule has 3 aromatic rings. The van der Waals surface area contributed by atoms with E-state index < -0.39 is 23.8 Å². The summed E-state index contributed by atoms with van der Waals surface area (Å²) in [6.07, 6.45) is -1.25. The van der Waals surface area contributed by atoms with E-state index in [0.29, 0.717) is 23.2 Å². The molecule has 2 aromatic heterocycles. The molecule has 1 aliphatic heterocycles. The topological polar surface area (TPSA) is 83.2 Å². The van der Waals surface area contributed by atoms with Gasteiger partial charge in [0.05, 0.1) is 23.3 Å². The number of hydrogen-bond donors (Lipinski definition) is 2. The summed E-state index contributed by atoms with van der Waals surface area (Å²) in [5.74, 6) is 0.835. The molecular formula is C23H28F3N7. The van der Waals surface area contributed by atoms with Crippen LogP contribution < -0.4 is 16.0 Å². The van der Waals surface area contributed by atoms with E-state index in [1.165, 1.54) is 6.07 Å². The van der Waals surface area contributed by atoms with Crippen molar-refractivity contribution in [1.29, 1.82) is 0 Å². The number of fused-ring (bicyclic) bond motifs is 1. The van der Waals surface area contributed by atoms with Crippen LogP contribution in [0.25, 0.3) is 10.9 Å². The Morgan fingerprint density at radius 3 is 2.58 bits per heavy atom. The first-order valence-corrected chi connectivity index (χ1v) is 10.9. The summed E-state index contributed by atoms with van der Waals surface area (Å²) in [7, 11) is 2.10. The predicted octanol–water partition coefficient (Wildman–Crippen LogP) is 4.31. The first-order chi connectivity index (χ1) is 15.6. The van der Waals surface area contributed by atoms with E-state index >= 15 is 0 Å². The predicted molar refractivity (Wildman–Crippen MR) is 124 cm³/mol. The zero-order valence-electron chi connectivity index (χ0n) is 19.1. The minimum atomic E-state index is -2.96. The van der Waals surface area contributed by atoms with Crippen molar-refractivity contribution in [3.63, 3.8) is 0 Å². The fourth-order valence-electron chi connectivity index (χ4n) is 4.13. The highest BCUT2D eigenvalue weighted by atomic mass is 19.3. The molecule has 0 unspecified atom stereocenters. The third kappa shape index (κ3) is 4.66. The van der Waals surface area contributed by atoms with Crippen molar-refractivity contribution in [2.24, 2.45) is 0 Å². The Morgan fingerprint density at radius 1 is 1.15 bits per heavy atom. The number of halogens is 3. The number of hydrogen-bond acceptors (Lipinski definition) is 7. The number of piperazine rings is 1. The van der Waals surface area contributed by atoms with Gasteiger partial charge in [-0.2, -0.15) is 0 Å². The number of alkyl halides is 2. The van der Waals surface area contributed by atoms with Crippen LogP contribution in [0.3, 0.4) is 0 Å². The number of nitrogens with zero attached hydrogens (tertiary/aromatic N) is 5. The minimum Gasteiger partial charge on any atom is -0.399 e. The number of nitrogens with one attached hydrogen (secondary N) is 1. The molecule has 1 saturated heterocycles. The van der Waals surface area contributed by atoms with E-state index in [0.717, 1.165) is 36.9 Å². The van der Waals surface area contributed by atoms with Crippen LogP contribution in [0.4, 0.5) is 30.5 Å². The van der Waals surface area contributed by atoms with Crippen LogP contribution in [-0.2, 0) is 0 Å². The summed E-state index contributed by atoms with van der Waals surface area (Å²) in [5.41, 5.74) is 5.83. The summed E-state index contributed by atoms with van der Waals surface area (Å²) < 4.78 is 41.3. The molecular weight excluding hydrogens is 431 g/mol. The van der Waals surface area contributed by atoms with Crippen LogP contribution in [0, 0.1) is 12.7 Å². The molecule has 3 N–H and O–H groups in total. The highest BCUT2D eigenvalue weighted by Crippen LogP contribution is 2.33. The Morgan fingerprint density at radius 2 is 1.88 bits per heavy atom. The number of anilines is 3. The maximum Gasteiger partial charge on any atom is 0.266 e. The second-order valence-electron chi connectivity index (χ2n) is 8.63. The first-order valence-electron chi connectivity index (χ1n) is 10.9. The molecule has 0 aliphatic carbocycles. The van der Waals surface area contributed by atoms with E-state index in [2.05, 4.69) is 44.0 Å². The van der Waals surface area contributed by atoms with Gasteiger partial charge in [-0.15, -0.1) is 0 Å². The Balaban J connectivity index is 1.70. The summed E-state index contributed by atoms with van der Waals surface area (Å²) in [6.45, 7) is 8.21. The Kier molecular flexibility index (Phi) is 6.29. The second kappa shape index (κ2) is 9.01. The standard InChI is InChI=1S/C23H28F3N7/c1-12-11-33(6-5-32(12)4)20-9-17-19(10-28-20)30-14(3)31-23(17)29-13(2)16-7-15(27)8-18(21(16)24)22(25)26/h7-10,12-13,22H,5-6,11,27H2,1-4H3,(H,29,30,31)/t12-,13-/m1/s1. The van der Waals surface area contributed by atoms with Gasteiger partial charge in [0.25, 0.3) is 6.43 Å². The van der Waals surface area contributed by atoms with Crippen molar-refractivity contribution < 1.29 is 13.2 Å². The number of rotatable bonds is 5. The molecule has 1 aliphatic rings. The lowest BCUT2D eigenvalue weighted by Crippen LogP contribution is -2.50. The van der Waals surface area contributed by atoms with Gasteiger partial charge in [0, 0.05) is 42.3 Å². The van der Waals surface area contributed by atoms with Gasteiger partial charge in [0.15, 0.2) is 0 Å². The average Bonchev–Trinajstić information content (AvgIpc) is 2.76. The van der Waals surface area contributed by atoms with Crippen molar-refractivity contribution in [1.82, 2.24) is 19.9 Å². The molecule has 0 saturated carbocycles. The molecule has 0 bridgehead atoms. The number of aromatic nitrogens is 3. The van der Waals surface area contributed by atoms with Gasteiger partial charge in [-0.3, -0.25) is 0 Å². The van der Waals surface area contributed by atoms with Gasteiger partial charge in [0.1, 0.15) is 23.3 Å². The van der Waals surface area contributed by atoms with Gasteiger partial charge in [-0.25, -0.2) is 28.1 Å². The lowest BCUT2D eigenvalue weighted by atomic mass is 10.0. The SMILES string of the molecule is Cc1nc(N[C@H](C)c2cc(N)cc(C(F)F)c2F)c2cc(N3CCN(C)[C@H](C)C3)ncc2n1. The van der Waals surface area contributed by atoms with E-state index in [1.807, 2.05) is 6.07 Å². The number of benzene rings is 1. The van der Waals surface area contributed by atoms with Crippen LogP contribution in [0.5, 0.6) is 0 Å². The quantitative estimate of drug-likeness (QED) is 0.550. The molecule has 0 radical (unpaired) electrons.